The van der Waals surface area contributed by atoms with Gasteiger partial charge >= 0.3 is 11.9 Å². The van der Waals surface area contributed by atoms with Crippen molar-refractivity contribution < 1.29 is 56.8 Å². The van der Waals surface area contributed by atoms with Crippen LogP contribution in [0.15, 0.2) is 12.2 Å². The third-order valence-corrected chi connectivity index (χ3v) is 12.1. The number of ether oxygens (including phenoxy) is 4. The maximum atomic E-state index is 12.8. The quantitative estimate of drug-likeness (QED) is 0.0197. The van der Waals surface area contributed by atoms with Crippen LogP contribution in [0.5, 0.6) is 0 Å². The number of hydrogen-bond donors (Lipinski definition) is 4. The number of carbonyl (C=O) groups excluding carboxylic acids is 2. The maximum absolute atomic E-state index is 12.8. The van der Waals surface area contributed by atoms with Gasteiger partial charge in [-0.2, -0.15) is 8.42 Å². The van der Waals surface area contributed by atoms with Crippen molar-refractivity contribution in [1.29, 1.82) is 0 Å². The summed E-state index contributed by atoms with van der Waals surface area (Å²) in [4.78, 5) is 25.4. The van der Waals surface area contributed by atoms with Gasteiger partial charge in [0.15, 0.2) is 12.4 Å². The second-order valence-electron chi connectivity index (χ2n) is 17.1. The Morgan fingerprint density at radius 3 is 1.38 bits per heavy atom. The largest absolute Gasteiger partial charge is 0.462 e. The molecular weight excluding hydrogens is 789 g/mol. The Kier molecular flexibility index (Phi) is 35.6. The molecule has 1 rings (SSSR count). The normalized spacial score (nSPS) is 20.1. The van der Waals surface area contributed by atoms with Crippen LogP contribution in [0.4, 0.5) is 0 Å². The molecule has 12 nitrogen and oxygen atoms in total. The molecule has 1 saturated heterocycles. The predicted octanol–water partition coefficient (Wildman–Crippen LogP) is 10.2. The van der Waals surface area contributed by atoms with Crippen molar-refractivity contribution in [3.63, 3.8) is 0 Å². The van der Waals surface area contributed by atoms with E-state index in [4.69, 9.17) is 18.9 Å². The topological polar surface area (TPSA) is 186 Å². The molecule has 1 aliphatic heterocycles. The van der Waals surface area contributed by atoms with Gasteiger partial charge in [0.1, 0.15) is 36.8 Å². The van der Waals surface area contributed by atoms with E-state index < -0.39 is 71.2 Å². The first-order chi connectivity index (χ1) is 29.0. The fourth-order valence-electron chi connectivity index (χ4n) is 7.56. The SMILES string of the molecule is CCCCCCCCC/C=C\CCCCCCCCCC(=O)OC(COC(=O)CCCCCCCCCCCCCCCC)COC1OC(CS(=O)(=O)O)C(O)C(O)C1O. The molecule has 0 amide bonds. The molecule has 13 heteroatoms. The molecule has 6 atom stereocenters. The van der Waals surface area contributed by atoms with Gasteiger partial charge in [-0.25, -0.2) is 0 Å². The van der Waals surface area contributed by atoms with Crippen molar-refractivity contribution >= 4 is 22.1 Å². The number of carbonyl (C=O) groups is 2. The molecule has 1 heterocycles. The van der Waals surface area contributed by atoms with E-state index in [9.17, 15) is 37.9 Å². The van der Waals surface area contributed by atoms with Crippen molar-refractivity contribution in [2.24, 2.45) is 0 Å². The molecule has 0 saturated carbocycles. The molecule has 0 aromatic carbocycles. The predicted molar refractivity (Wildman–Crippen MR) is 238 cm³/mol. The van der Waals surface area contributed by atoms with Crippen molar-refractivity contribution in [3.05, 3.63) is 12.2 Å². The molecule has 0 bridgehead atoms. The van der Waals surface area contributed by atoms with Gasteiger partial charge in [-0.3, -0.25) is 14.1 Å². The van der Waals surface area contributed by atoms with E-state index in [2.05, 4.69) is 26.0 Å². The summed E-state index contributed by atoms with van der Waals surface area (Å²) in [5, 5.41) is 30.9. The van der Waals surface area contributed by atoms with Crippen LogP contribution in [0.3, 0.4) is 0 Å². The molecular formula is C47H88O12S. The minimum atomic E-state index is -4.60. The minimum Gasteiger partial charge on any atom is -0.462 e. The Balaban J connectivity index is 2.40. The van der Waals surface area contributed by atoms with Gasteiger partial charge in [0.2, 0.25) is 0 Å². The molecule has 6 unspecified atom stereocenters. The van der Waals surface area contributed by atoms with Crippen molar-refractivity contribution in [2.45, 2.75) is 256 Å². The van der Waals surface area contributed by atoms with E-state index in [1.165, 1.54) is 128 Å². The summed E-state index contributed by atoms with van der Waals surface area (Å²) >= 11 is 0. The molecule has 354 valence electrons. The summed E-state index contributed by atoms with van der Waals surface area (Å²) in [6.45, 7) is 3.78. The fourth-order valence-corrected chi connectivity index (χ4v) is 8.25. The van der Waals surface area contributed by atoms with Crippen LogP contribution >= 0.6 is 0 Å². The van der Waals surface area contributed by atoms with Gasteiger partial charge in [0.05, 0.1) is 6.61 Å². The molecule has 1 aliphatic rings. The van der Waals surface area contributed by atoms with Gasteiger partial charge < -0.3 is 34.3 Å². The summed E-state index contributed by atoms with van der Waals surface area (Å²) in [5.41, 5.74) is 0. The van der Waals surface area contributed by atoms with Crippen LogP contribution in [0.2, 0.25) is 0 Å². The Bertz CT molecular complexity index is 1170. The van der Waals surface area contributed by atoms with Crippen LogP contribution in [0.25, 0.3) is 0 Å². The fraction of sp³-hybridized carbons (Fsp3) is 0.915. The Morgan fingerprint density at radius 2 is 0.950 bits per heavy atom. The third kappa shape index (κ3) is 32.1. The number of unbranched alkanes of at least 4 members (excludes halogenated alkanes) is 27. The third-order valence-electron chi connectivity index (χ3n) is 11.3. The van der Waals surface area contributed by atoms with Gasteiger partial charge in [-0.15, -0.1) is 0 Å². The lowest BCUT2D eigenvalue weighted by Gasteiger charge is -2.40. The first kappa shape index (κ1) is 56.4. The van der Waals surface area contributed by atoms with Crippen LogP contribution in [-0.2, 0) is 38.7 Å². The van der Waals surface area contributed by atoms with Gasteiger partial charge in [-0.05, 0) is 38.5 Å². The zero-order chi connectivity index (χ0) is 44.1. The van der Waals surface area contributed by atoms with Crippen LogP contribution in [0, 0.1) is 0 Å². The summed E-state index contributed by atoms with van der Waals surface area (Å²) in [6, 6.07) is 0. The van der Waals surface area contributed by atoms with E-state index in [-0.39, 0.29) is 19.4 Å². The maximum Gasteiger partial charge on any atom is 0.306 e. The minimum absolute atomic E-state index is 0.164. The van der Waals surface area contributed by atoms with Gasteiger partial charge in [0, 0.05) is 12.8 Å². The molecule has 0 radical (unpaired) electrons. The molecule has 0 aromatic rings. The monoisotopic (exact) mass is 877 g/mol. The first-order valence-corrected chi connectivity index (χ1v) is 25.9. The second kappa shape index (κ2) is 37.9. The summed E-state index contributed by atoms with van der Waals surface area (Å²) in [6.07, 6.45) is 31.1. The molecule has 4 N–H and O–H groups in total. The highest BCUT2D eigenvalue weighted by Gasteiger charge is 2.46. The zero-order valence-corrected chi connectivity index (χ0v) is 38.6. The summed E-state index contributed by atoms with van der Waals surface area (Å²) < 4.78 is 54.1. The van der Waals surface area contributed by atoms with Crippen LogP contribution < -0.4 is 0 Å². The molecule has 60 heavy (non-hydrogen) atoms. The van der Waals surface area contributed by atoms with Gasteiger partial charge in [0.25, 0.3) is 10.1 Å². The lowest BCUT2D eigenvalue weighted by atomic mass is 10.00. The lowest BCUT2D eigenvalue weighted by molar-refractivity contribution is -0.297. The van der Waals surface area contributed by atoms with Crippen LogP contribution in [0.1, 0.15) is 219 Å². The van der Waals surface area contributed by atoms with Gasteiger partial charge in [-0.1, -0.05) is 180 Å². The number of rotatable bonds is 41. The lowest BCUT2D eigenvalue weighted by Crippen LogP contribution is -2.60. The Morgan fingerprint density at radius 1 is 0.550 bits per heavy atom. The average molecular weight is 877 g/mol. The molecule has 0 spiro atoms. The zero-order valence-electron chi connectivity index (χ0n) is 37.8. The number of hydrogen-bond acceptors (Lipinski definition) is 11. The van der Waals surface area contributed by atoms with Crippen molar-refractivity contribution in [1.82, 2.24) is 0 Å². The highest BCUT2D eigenvalue weighted by atomic mass is 32.2. The van der Waals surface area contributed by atoms with E-state index in [0.29, 0.717) is 12.8 Å². The highest BCUT2D eigenvalue weighted by molar-refractivity contribution is 7.85. The first-order valence-electron chi connectivity index (χ1n) is 24.2. The van der Waals surface area contributed by atoms with Crippen LogP contribution in [-0.4, -0.2) is 96.0 Å². The highest BCUT2D eigenvalue weighted by Crippen LogP contribution is 2.24. The molecule has 1 fully saturated rings. The number of allylic oxidation sites excluding steroid dienone is 2. The average Bonchev–Trinajstić information content (AvgIpc) is 3.21. The second-order valence-corrected chi connectivity index (χ2v) is 18.6. The summed E-state index contributed by atoms with van der Waals surface area (Å²) in [7, 11) is -4.60. The van der Waals surface area contributed by atoms with Crippen molar-refractivity contribution in [2.75, 3.05) is 19.0 Å². The van der Waals surface area contributed by atoms with E-state index in [1.807, 2.05) is 0 Å². The standard InChI is InChI=1S/C47H88O12S/c1-3-5-7-9-11-13-15-17-19-20-21-22-24-26-28-30-32-34-36-43(49)58-40(38-57-47-46(52)45(51)44(50)41(59-47)39-60(53,54)55)37-56-42(48)35-33-31-29-27-25-23-18-16-14-12-10-8-6-4-2/h19-20,40-41,44-47,50-52H,3-18,21-39H2,1-2H3,(H,53,54,55)/b20-19-. The summed E-state index contributed by atoms with van der Waals surface area (Å²) in [5.74, 6) is -1.97. The Labute approximate surface area is 365 Å². The van der Waals surface area contributed by atoms with Crippen molar-refractivity contribution in [3.8, 4) is 0 Å². The van der Waals surface area contributed by atoms with E-state index in [0.717, 1.165) is 51.4 Å². The Hall–Kier alpha value is -1.61. The number of esters is 2. The number of aliphatic hydroxyl groups is 3. The number of aliphatic hydroxyl groups excluding tert-OH is 3. The smallest absolute Gasteiger partial charge is 0.306 e. The van der Waals surface area contributed by atoms with E-state index >= 15 is 0 Å². The molecule has 0 aliphatic carbocycles. The van der Waals surface area contributed by atoms with E-state index in [1.54, 1.807) is 0 Å². The molecule has 0 aromatic heterocycles.